The fourth-order valence-corrected chi connectivity index (χ4v) is 0. The van der Waals surface area contributed by atoms with E-state index in [1.807, 2.05) is 0 Å². The van der Waals surface area contributed by atoms with Crippen molar-refractivity contribution in [2.75, 3.05) is 0 Å². The minimum atomic E-state index is 0. The van der Waals surface area contributed by atoms with Crippen LogP contribution in [0.3, 0.4) is 0 Å². The standard InChI is InChI=1S/Ir.4O.Th/q+4;4*-2;+4. The number of rotatable bonds is 0. The van der Waals surface area contributed by atoms with Gasteiger partial charge in [0.15, 0.2) is 0 Å². The van der Waals surface area contributed by atoms with Crippen molar-refractivity contribution in [3.8, 4) is 0 Å². The normalized spacial score (nSPS) is 0. The Bertz CT molecular complexity index is 7.51. The molecule has 0 N–H and O–H groups in total. The zero-order valence-corrected chi connectivity index (χ0v) is 8.97. The van der Waals surface area contributed by atoms with E-state index in [9.17, 15) is 0 Å². The van der Waals surface area contributed by atoms with E-state index in [-0.39, 0.29) is 82.0 Å². The predicted octanol–water partition coefficient (Wildman–Crippen LogP) is -0.478. The van der Waals surface area contributed by atoms with Crippen molar-refractivity contribution in [1.82, 2.24) is 0 Å². The molecule has 0 rings (SSSR count). The molecule has 6 heteroatoms. The molecule has 0 heterocycles. The average Bonchev–Trinajstić information content (AvgIpc) is 0. The Morgan fingerprint density at radius 3 is 0.500 bits per heavy atom. The van der Waals surface area contributed by atoms with Crippen molar-refractivity contribution in [2.45, 2.75) is 0 Å². The van der Waals surface area contributed by atoms with Crippen LogP contribution in [0.2, 0.25) is 0 Å². The average molecular weight is 488 g/mol. The third-order valence-electron chi connectivity index (χ3n) is 0. The molecule has 0 saturated heterocycles. The van der Waals surface area contributed by atoms with E-state index >= 15 is 0 Å². The molecule has 0 aliphatic carbocycles. The third-order valence-corrected chi connectivity index (χ3v) is 0. The van der Waals surface area contributed by atoms with Crippen LogP contribution < -0.4 is 0 Å². The van der Waals surface area contributed by atoms with Gasteiger partial charge in [0.2, 0.25) is 0 Å². The van der Waals surface area contributed by atoms with Gasteiger partial charge in [0, 0.05) is 0 Å². The van der Waals surface area contributed by atoms with Crippen LogP contribution in [0.1, 0.15) is 0 Å². The van der Waals surface area contributed by atoms with E-state index in [1.54, 1.807) is 0 Å². The van der Waals surface area contributed by atoms with Crippen LogP contribution in [0.5, 0.6) is 0 Å². The van der Waals surface area contributed by atoms with Crippen LogP contribution in [0.4, 0.5) is 0 Å². The number of hydrogen-bond donors (Lipinski definition) is 0. The molecule has 1 radical (unpaired) electrons. The Labute approximate surface area is 81.0 Å². The Morgan fingerprint density at radius 1 is 0.500 bits per heavy atom. The van der Waals surface area contributed by atoms with Crippen LogP contribution >= 0.6 is 0 Å². The molecule has 0 amide bonds. The van der Waals surface area contributed by atoms with Gasteiger partial charge in [-0.3, -0.25) is 0 Å². The molecule has 0 aromatic rings. The molecule has 0 atom stereocenters. The summed E-state index contributed by atoms with van der Waals surface area (Å²) in [6, 6.07) is 0. The summed E-state index contributed by atoms with van der Waals surface area (Å²) in [6.45, 7) is 0. The van der Waals surface area contributed by atoms with Crippen LogP contribution in [0, 0.1) is 39.9 Å². The molecule has 37 valence electrons. The van der Waals surface area contributed by atoms with Gasteiger partial charge in [0.25, 0.3) is 0 Å². The molecule has 0 aliphatic rings. The number of hydrogen-bond acceptors (Lipinski definition) is 0. The molecule has 0 bridgehead atoms. The fourth-order valence-electron chi connectivity index (χ4n) is 0. The molecule has 0 unspecified atom stereocenters. The summed E-state index contributed by atoms with van der Waals surface area (Å²) >= 11 is 0. The summed E-state index contributed by atoms with van der Waals surface area (Å²) < 4.78 is 0. The molecule has 4 nitrogen and oxygen atoms in total. The van der Waals surface area contributed by atoms with Gasteiger partial charge in [-0.15, -0.1) is 0 Å². The van der Waals surface area contributed by atoms with E-state index in [4.69, 9.17) is 0 Å². The topological polar surface area (TPSA) is 114 Å². The molecular weight excluding hydrogens is 488 g/mol. The Hall–Kier alpha value is 1.81. The maximum atomic E-state index is 0. The van der Waals surface area contributed by atoms with E-state index in [2.05, 4.69) is 0 Å². The van der Waals surface area contributed by atoms with E-state index in [1.165, 1.54) is 0 Å². The molecule has 0 aromatic carbocycles. The second-order valence-corrected chi connectivity index (χ2v) is 0. The minimum Gasteiger partial charge on any atom is -2.00 e. The molecule has 6 heavy (non-hydrogen) atoms. The van der Waals surface area contributed by atoms with Crippen molar-refractivity contribution in [2.24, 2.45) is 0 Å². The van der Waals surface area contributed by atoms with Crippen molar-refractivity contribution < 1.29 is 82.0 Å². The first-order chi connectivity index (χ1) is 0. The molecule has 0 spiro atoms. The quantitative estimate of drug-likeness (QED) is 0.439. The van der Waals surface area contributed by atoms with Crippen LogP contribution in [0.15, 0.2) is 0 Å². The second kappa shape index (κ2) is 70.0. The third kappa shape index (κ3) is 40.9. The first-order valence-corrected chi connectivity index (χ1v) is 0. The summed E-state index contributed by atoms with van der Waals surface area (Å²) in [6.07, 6.45) is 0. The SMILES string of the molecule is [Ir+4].[O-2].[O-2].[O-2].[O-2].[Th+4]. The van der Waals surface area contributed by atoms with Crippen LogP contribution in [0.25, 0.3) is 0 Å². The summed E-state index contributed by atoms with van der Waals surface area (Å²) in [5.74, 6) is 0. The van der Waals surface area contributed by atoms with Crippen molar-refractivity contribution >= 4 is 0 Å². The van der Waals surface area contributed by atoms with Gasteiger partial charge in [-0.05, 0) is 0 Å². The first-order valence-electron chi connectivity index (χ1n) is 0. The van der Waals surface area contributed by atoms with Gasteiger partial charge in [-0.25, -0.2) is 0 Å². The van der Waals surface area contributed by atoms with Crippen molar-refractivity contribution in [3.05, 3.63) is 0 Å². The summed E-state index contributed by atoms with van der Waals surface area (Å²) in [7, 11) is 0. The molecule has 0 aliphatic heterocycles. The Morgan fingerprint density at radius 2 is 0.500 bits per heavy atom. The smallest absolute Gasteiger partial charge is 2.00 e. The van der Waals surface area contributed by atoms with E-state index in [0.29, 0.717) is 0 Å². The van der Waals surface area contributed by atoms with E-state index in [0.717, 1.165) is 0 Å². The Balaban J connectivity index is 0. The summed E-state index contributed by atoms with van der Waals surface area (Å²) in [5, 5.41) is 0. The van der Waals surface area contributed by atoms with Crippen LogP contribution in [-0.4, -0.2) is 0 Å². The van der Waals surface area contributed by atoms with Gasteiger partial charge < -0.3 is 21.9 Å². The van der Waals surface area contributed by atoms with Crippen LogP contribution in [-0.2, 0) is 42.0 Å². The fraction of sp³-hybridized carbons (Fsp3) is 0. The van der Waals surface area contributed by atoms with Gasteiger partial charge >= 0.3 is 60.0 Å². The Kier molecular flexibility index (Phi) is 1290. The largest absolute Gasteiger partial charge is 4.00 e. The summed E-state index contributed by atoms with van der Waals surface area (Å²) in [5.41, 5.74) is 0. The molecular formula is IrO4Th. The minimum absolute atomic E-state index is 0. The van der Waals surface area contributed by atoms with Gasteiger partial charge in [0.05, 0.1) is 0 Å². The molecule has 0 saturated carbocycles. The molecule has 0 aromatic heterocycles. The first kappa shape index (κ1) is 110. The van der Waals surface area contributed by atoms with Crippen molar-refractivity contribution in [3.63, 3.8) is 0 Å². The summed E-state index contributed by atoms with van der Waals surface area (Å²) in [4.78, 5) is 0. The van der Waals surface area contributed by atoms with Gasteiger partial charge in [-0.2, -0.15) is 0 Å². The maximum Gasteiger partial charge on any atom is 4.00 e. The predicted molar refractivity (Wildman–Crippen MR) is 2.75 cm³/mol. The zero-order valence-electron chi connectivity index (χ0n) is 2.47. The molecule has 0 fully saturated rings. The van der Waals surface area contributed by atoms with Crippen molar-refractivity contribution in [1.29, 1.82) is 0 Å². The monoisotopic (exact) mass is 489 g/mol. The van der Waals surface area contributed by atoms with Gasteiger partial charge in [0.1, 0.15) is 0 Å². The maximum absolute atomic E-state index is 0. The van der Waals surface area contributed by atoms with Gasteiger partial charge in [-0.1, -0.05) is 0 Å². The van der Waals surface area contributed by atoms with E-state index < -0.39 is 0 Å². The second-order valence-electron chi connectivity index (χ2n) is 0. The zero-order chi connectivity index (χ0) is 0.